The summed E-state index contributed by atoms with van der Waals surface area (Å²) in [6.45, 7) is 0. The number of esters is 1. The number of hydrogen-bond donors (Lipinski definition) is 1. The van der Waals surface area contributed by atoms with Gasteiger partial charge in [0.1, 0.15) is 6.04 Å². The van der Waals surface area contributed by atoms with Crippen LogP contribution in [0.15, 0.2) is 54.6 Å². The van der Waals surface area contributed by atoms with Crippen LogP contribution in [0.5, 0.6) is 0 Å². The Morgan fingerprint density at radius 3 is 2.19 bits per heavy atom. The lowest BCUT2D eigenvalue weighted by molar-refractivity contribution is -0.145. The van der Waals surface area contributed by atoms with Crippen LogP contribution in [-0.2, 0) is 33.3 Å². The highest BCUT2D eigenvalue weighted by atomic mass is 19.4. The molecule has 1 amide bonds. The first-order valence-corrected chi connectivity index (χ1v) is 8.37. The summed E-state index contributed by atoms with van der Waals surface area (Å²) < 4.78 is 42.6. The number of rotatable bonds is 7. The van der Waals surface area contributed by atoms with Crippen LogP contribution in [0, 0.1) is 0 Å². The van der Waals surface area contributed by atoms with Crippen molar-refractivity contribution in [3.63, 3.8) is 0 Å². The standard InChI is InChI=1S/C20H20F3NO3/c1-27-19(26)17(13-15-7-10-16(11-8-15)20(21,22)23)24-18(25)12-9-14-5-3-2-4-6-14/h2-8,10-11,17H,9,12-13H2,1H3,(H,24,25)/t17-/m1/s1. The molecule has 7 heteroatoms. The van der Waals surface area contributed by atoms with Gasteiger partial charge in [0.25, 0.3) is 0 Å². The molecule has 0 heterocycles. The van der Waals surface area contributed by atoms with Crippen molar-refractivity contribution in [2.75, 3.05) is 7.11 Å². The Balaban J connectivity index is 1.98. The average molecular weight is 379 g/mol. The van der Waals surface area contributed by atoms with E-state index in [-0.39, 0.29) is 18.7 Å². The van der Waals surface area contributed by atoms with E-state index in [0.717, 1.165) is 17.7 Å². The molecule has 0 aliphatic carbocycles. The van der Waals surface area contributed by atoms with Crippen molar-refractivity contribution in [3.05, 3.63) is 71.3 Å². The molecule has 1 N–H and O–H groups in total. The zero-order valence-electron chi connectivity index (χ0n) is 14.8. The van der Waals surface area contributed by atoms with Gasteiger partial charge in [0.05, 0.1) is 12.7 Å². The fraction of sp³-hybridized carbons (Fsp3) is 0.300. The average Bonchev–Trinajstić information content (AvgIpc) is 2.65. The summed E-state index contributed by atoms with van der Waals surface area (Å²) in [7, 11) is 1.19. The highest BCUT2D eigenvalue weighted by Gasteiger charge is 2.30. The molecule has 0 radical (unpaired) electrons. The van der Waals surface area contributed by atoms with E-state index in [1.54, 1.807) is 0 Å². The van der Waals surface area contributed by atoms with E-state index >= 15 is 0 Å². The molecule has 2 rings (SSSR count). The molecule has 1 atom stereocenters. The van der Waals surface area contributed by atoms with Crippen LogP contribution in [0.4, 0.5) is 13.2 Å². The van der Waals surface area contributed by atoms with E-state index in [2.05, 4.69) is 5.32 Å². The van der Waals surface area contributed by atoms with Gasteiger partial charge >= 0.3 is 12.1 Å². The fourth-order valence-electron chi connectivity index (χ4n) is 2.57. The van der Waals surface area contributed by atoms with E-state index in [0.29, 0.717) is 12.0 Å². The predicted octanol–water partition coefficient (Wildman–Crippen LogP) is 3.54. The third-order valence-electron chi connectivity index (χ3n) is 4.03. The van der Waals surface area contributed by atoms with Crippen LogP contribution in [0.25, 0.3) is 0 Å². The minimum atomic E-state index is -4.42. The molecule has 0 unspecified atom stereocenters. The molecule has 0 spiro atoms. The fourth-order valence-corrected chi connectivity index (χ4v) is 2.57. The summed E-state index contributed by atoms with van der Waals surface area (Å²) in [6, 6.07) is 12.9. The number of carbonyl (C=O) groups excluding carboxylic acids is 2. The Bertz CT molecular complexity index is 758. The second kappa shape index (κ2) is 9.21. The lowest BCUT2D eigenvalue weighted by Crippen LogP contribution is -2.43. The lowest BCUT2D eigenvalue weighted by Gasteiger charge is -2.17. The summed E-state index contributed by atoms with van der Waals surface area (Å²) in [5, 5.41) is 2.60. The van der Waals surface area contributed by atoms with E-state index in [1.807, 2.05) is 30.3 Å². The molecule has 0 fully saturated rings. The highest BCUT2D eigenvalue weighted by Crippen LogP contribution is 2.29. The minimum Gasteiger partial charge on any atom is -0.467 e. The van der Waals surface area contributed by atoms with Gasteiger partial charge in [0.15, 0.2) is 0 Å². The minimum absolute atomic E-state index is 0.0435. The molecule has 0 aliphatic rings. The van der Waals surface area contributed by atoms with Gasteiger partial charge in [0, 0.05) is 12.8 Å². The van der Waals surface area contributed by atoms with Gasteiger partial charge in [-0.05, 0) is 29.7 Å². The monoisotopic (exact) mass is 379 g/mol. The molecule has 0 saturated heterocycles. The maximum Gasteiger partial charge on any atom is 0.416 e. The number of aryl methyl sites for hydroxylation is 1. The van der Waals surface area contributed by atoms with E-state index in [9.17, 15) is 22.8 Å². The first kappa shape index (κ1) is 20.5. The van der Waals surface area contributed by atoms with E-state index < -0.39 is 23.8 Å². The van der Waals surface area contributed by atoms with Crippen molar-refractivity contribution >= 4 is 11.9 Å². The first-order valence-electron chi connectivity index (χ1n) is 8.37. The summed E-state index contributed by atoms with van der Waals surface area (Å²) >= 11 is 0. The van der Waals surface area contributed by atoms with Crippen LogP contribution >= 0.6 is 0 Å². The number of carbonyl (C=O) groups is 2. The molecular weight excluding hydrogens is 359 g/mol. The number of methoxy groups -OCH3 is 1. The molecule has 4 nitrogen and oxygen atoms in total. The lowest BCUT2D eigenvalue weighted by atomic mass is 10.0. The number of halogens is 3. The Labute approximate surface area is 155 Å². The normalized spacial score (nSPS) is 12.3. The second-order valence-electron chi connectivity index (χ2n) is 6.03. The van der Waals surface area contributed by atoms with Gasteiger partial charge in [-0.25, -0.2) is 4.79 Å². The van der Waals surface area contributed by atoms with Gasteiger partial charge in [0.2, 0.25) is 5.91 Å². The third-order valence-corrected chi connectivity index (χ3v) is 4.03. The first-order chi connectivity index (χ1) is 12.8. The summed E-state index contributed by atoms with van der Waals surface area (Å²) in [5.41, 5.74) is 0.708. The van der Waals surface area contributed by atoms with Crippen molar-refractivity contribution in [3.8, 4) is 0 Å². The Morgan fingerprint density at radius 1 is 1.00 bits per heavy atom. The zero-order valence-corrected chi connectivity index (χ0v) is 14.8. The molecule has 0 bridgehead atoms. The van der Waals surface area contributed by atoms with E-state index in [1.165, 1.54) is 19.2 Å². The Morgan fingerprint density at radius 2 is 1.63 bits per heavy atom. The largest absolute Gasteiger partial charge is 0.467 e. The van der Waals surface area contributed by atoms with Crippen molar-refractivity contribution in [2.24, 2.45) is 0 Å². The quantitative estimate of drug-likeness (QED) is 0.749. The van der Waals surface area contributed by atoms with Crippen LogP contribution in [0.2, 0.25) is 0 Å². The summed E-state index contributed by atoms with van der Waals surface area (Å²) in [6.07, 6.45) is -3.68. The van der Waals surface area contributed by atoms with Crippen molar-refractivity contribution in [1.82, 2.24) is 5.32 Å². The molecule has 144 valence electrons. The Hall–Kier alpha value is -2.83. The summed E-state index contributed by atoms with van der Waals surface area (Å²) in [4.78, 5) is 24.1. The SMILES string of the molecule is COC(=O)[C@@H](Cc1ccc(C(F)(F)F)cc1)NC(=O)CCc1ccccc1. The van der Waals surface area contributed by atoms with Gasteiger partial charge in [-0.2, -0.15) is 13.2 Å². The number of ether oxygens (including phenoxy) is 1. The summed E-state index contributed by atoms with van der Waals surface area (Å²) in [5.74, 6) is -0.982. The number of amides is 1. The van der Waals surface area contributed by atoms with Crippen molar-refractivity contribution in [2.45, 2.75) is 31.5 Å². The predicted molar refractivity (Wildman–Crippen MR) is 93.9 cm³/mol. The van der Waals surface area contributed by atoms with E-state index in [4.69, 9.17) is 4.74 Å². The maximum atomic E-state index is 12.6. The van der Waals surface area contributed by atoms with Crippen molar-refractivity contribution < 1.29 is 27.5 Å². The number of hydrogen-bond acceptors (Lipinski definition) is 3. The smallest absolute Gasteiger partial charge is 0.416 e. The number of benzene rings is 2. The van der Waals surface area contributed by atoms with Crippen LogP contribution < -0.4 is 5.32 Å². The topological polar surface area (TPSA) is 55.4 Å². The molecule has 2 aromatic rings. The van der Waals surface area contributed by atoms with Gasteiger partial charge < -0.3 is 10.1 Å². The highest BCUT2D eigenvalue weighted by molar-refractivity contribution is 5.84. The number of alkyl halides is 3. The molecule has 2 aromatic carbocycles. The maximum absolute atomic E-state index is 12.6. The number of nitrogens with one attached hydrogen (secondary N) is 1. The van der Waals surface area contributed by atoms with Gasteiger partial charge in [-0.3, -0.25) is 4.79 Å². The van der Waals surface area contributed by atoms with Crippen LogP contribution in [0.3, 0.4) is 0 Å². The molecule has 0 saturated carbocycles. The Kier molecular flexibility index (Phi) is 6.98. The van der Waals surface area contributed by atoms with Crippen LogP contribution in [0.1, 0.15) is 23.1 Å². The second-order valence-corrected chi connectivity index (χ2v) is 6.03. The van der Waals surface area contributed by atoms with Gasteiger partial charge in [-0.15, -0.1) is 0 Å². The zero-order chi connectivity index (χ0) is 19.9. The molecule has 27 heavy (non-hydrogen) atoms. The molecule has 0 aromatic heterocycles. The molecule has 0 aliphatic heterocycles. The molecular formula is C20H20F3NO3. The van der Waals surface area contributed by atoms with Crippen molar-refractivity contribution in [1.29, 1.82) is 0 Å². The van der Waals surface area contributed by atoms with Crippen LogP contribution in [-0.4, -0.2) is 25.0 Å². The van der Waals surface area contributed by atoms with Gasteiger partial charge in [-0.1, -0.05) is 42.5 Å². The third kappa shape index (κ3) is 6.44.